The van der Waals surface area contributed by atoms with Crippen LogP contribution in [-0.2, 0) is 4.79 Å². The summed E-state index contributed by atoms with van der Waals surface area (Å²) in [6, 6.07) is 0.0736. The molecule has 122 valence electrons. The summed E-state index contributed by atoms with van der Waals surface area (Å²) in [4.78, 5) is 21.6. The van der Waals surface area contributed by atoms with Crippen molar-refractivity contribution in [1.82, 2.24) is 19.9 Å². The summed E-state index contributed by atoms with van der Waals surface area (Å²) in [6.45, 7) is 7.55. The van der Waals surface area contributed by atoms with Crippen LogP contribution >= 0.6 is 0 Å². The van der Waals surface area contributed by atoms with E-state index < -0.39 is 0 Å². The van der Waals surface area contributed by atoms with E-state index in [1.807, 2.05) is 11.8 Å². The van der Waals surface area contributed by atoms with Crippen molar-refractivity contribution >= 4 is 5.91 Å². The van der Waals surface area contributed by atoms with Crippen molar-refractivity contribution in [1.29, 1.82) is 0 Å². The Balaban J connectivity index is 1.67. The summed E-state index contributed by atoms with van der Waals surface area (Å²) in [7, 11) is 0. The third-order valence-corrected chi connectivity index (χ3v) is 4.95. The van der Waals surface area contributed by atoms with Crippen LogP contribution in [0.4, 0.5) is 0 Å². The predicted molar refractivity (Wildman–Crippen MR) is 82.5 cm³/mol. The second kappa shape index (κ2) is 6.77. The normalized spacial score (nSPS) is 27.1. The number of carbonyl (C=O) groups excluding carboxylic acids is 1. The van der Waals surface area contributed by atoms with E-state index in [1.54, 1.807) is 0 Å². The Bertz CT molecular complexity index is 516. The van der Waals surface area contributed by atoms with Crippen LogP contribution in [0.15, 0.2) is 4.52 Å². The highest BCUT2D eigenvalue weighted by atomic mass is 16.5. The molecule has 2 unspecified atom stereocenters. The second-order valence-electron chi connectivity index (χ2n) is 6.44. The molecule has 0 N–H and O–H groups in total. The first-order valence-electron chi connectivity index (χ1n) is 8.52. The number of likely N-dealkylation sites (tertiary alicyclic amines) is 2. The Morgan fingerprint density at radius 3 is 2.86 bits per heavy atom. The first-order chi connectivity index (χ1) is 10.7. The monoisotopic (exact) mass is 306 g/mol. The Morgan fingerprint density at radius 2 is 2.14 bits per heavy atom. The van der Waals surface area contributed by atoms with Crippen molar-refractivity contribution in [3.05, 3.63) is 11.7 Å². The van der Waals surface area contributed by atoms with E-state index in [2.05, 4.69) is 22.0 Å². The van der Waals surface area contributed by atoms with Gasteiger partial charge in [0, 0.05) is 25.9 Å². The summed E-state index contributed by atoms with van der Waals surface area (Å²) >= 11 is 0. The fraction of sp³-hybridized carbons (Fsp3) is 0.812. The highest BCUT2D eigenvalue weighted by Gasteiger charge is 2.34. The third kappa shape index (κ3) is 3.16. The molecule has 3 rings (SSSR count). The highest BCUT2D eigenvalue weighted by Crippen LogP contribution is 2.27. The minimum Gasteiger partial charge on any atom is -0.341 e. The number of likely N-dealkylation sites (N-methyl/N-ethyl adjacent to an activating group) is 1. The van der Waals surface area contributed by atoms with E-state index >= 15 is 0 Å². The van der Waals surface area contributed by atoms with Crippen LogP contribution in [0.3, 0.4) is 0 Å². The molecular formula is C16H26N4O2. The summed E-state index contributed by atoms with van der Waals surface area (Å²) in [5.74, 6) is 1.87. The first kappa shape index (κ1) is 15.5. The fourth-order valence-corrected chi connectivity index (χ4v) is 3.73. The lowest BCUT2D eigenvalue weighted by Crippen LogP contribution is -2.52. The van der Waals surface area contributed by atoms with Gasteiger partial charge in [0.25, 0.3) is 0 Å². The summed E-state index contributed by atoms with van der Waals surface area (Å²) in [5.41, 5.74) is 0. The maximum atomic E-state index is 12.9. The molecule has 0 radical (unpaired) electrons. The molecule has 2 aliphatic rings. The zero-order valence-electron chi connectivity index (χ0n) is 13.6. The minimum atomic E-state index is 0.0736. The predicted octanol–water partition coefficient (Wildman–Crippen LogP) is 1.96. The minimum absolute atomic E-state index is 0.0736. The Kier molecular flexibility index (Phi) is 4.76. The van der Waals surface area contributed by atoms with Crippen molar-refractivity contribution in [2.45, 2.75) is 57.9 Å². The molecule has 1 amide bonds. The first-order valence-corrected chi connectivity index (χ1v) is 8.52. The number of aromatic nitrogens is 2. The van der Waals surface area contributed by atoms with Gasteiger partial charge in [0.05, 0.1) is 6.04 Å². The molecular weight excluding hydrogens is 280 g/mol. The molecule has 0 spiro atoms. The average molecular weight is 306 g/mol. The van der Waals surface area contributed by atoms with Gasteiger partial charge in [-0.25, -0.2) is 0 Å². The van der Waals surface area contributed by atoms with Crippen LogP contribution in [0.5, 0.6) is 0 Å². The van der Waals surface area contributed by atoms with Gasteiger partial charge in [-0.2, -0.15) is 4.98 Å². The van der Waals surface area contributed by atoms with Crippen LogP contribution in [0, 0.1) is 6.92 Å². The lowest BCUT2D eigenvalue weighted by molar-refractivity contribution is -0.139. The molecule has 2 atom stereocenters. The quantitative estimate of drug-likeness (QED) is 0.854. The van der Waals surface area contributed by atoms with Gasteiger partial charge in [-0.3, -0.25) is 9.69 Å². The van der Waals surface area contributed by atoms with Gasteiger partial charge in [-0.15, -0.1) is 0 Å². The smallest absolute Gasteiger partial charge is 0.239 e. The van der Waals surface area contributed by atoms with E-state index in [4.69, 9.17) is 4.52 Å². The van der Waals surface area contributed by atoms with Crippen LogP contribution in [0.2, 0.25) is 0 Å². The zero-order chi connectivity index (χ0) is 15.5. The lowest BCUT2D eigenvalue weighted by atomic mass is 9.95. The standard InChI is InChI=1S/C16H26N4O2/c1-3-19-9-5-4-8-14(19)16(21)20-10-6-7-13(11-20)15-17-12(2)22-18-15/h13-14H,3-11H2,1-2H3. The Labute approximate surface area is 131 Å². The molecule has 6 nitrogen and oxygen atoms in total. The van der Waals surface area contributed by atoms with Crippen LogP contribution in [0.1, 0.15) is 56.7 Å². The fourth-order valence-electron chi connectivity index (χ4n) is 3.73. The Morgan fingerprint density at radius 1 is 1.27 bits per heavy atom. The average Bonchev–Trinajstić information content (AvgIpc) is 3.01. The molecule has 1 aromatic rings. The number of aryl methyl sites for hydroxylation is 1. The number of piperidine rings is 2. The number of hydrogen-bond donors (Lipinski definition) is 0. The van der Waals surface area contributed by atoms with Gasteiger partial charge in [-0.1, -0.05) is 18.5 Å². The number of amides is 1. The molecule has 0 aromatic carbocycles. The molecule has 2 saturated heterocycles. The van der Waals surface area contributed by atoms with E-state index in [1.165, 1.54) is 6.42 Å². The second-order valence-corrected chi connectivity index (χ2v) is 6.44. The summed E-state index contributed by atoms with van der Waals surface area (Å²) < 4.78 is 5.09. The summed E-state index contributed by atoms with van der Waals surface area (Å²) in [6.07, 6.45) is 5.42. The number of nitrogens with zero attached hydrogens (tertiary/aromatic N) is 4. The van der Waals surface area contributed by atoms with Crippen LogP contribution in [-0.4, -0.2) is 58.1 Å². The van der Waals surface area contributed by atoms with Crippen molar-refractivity contribution in [3.63, 3.8) is 0 Å². The van der Waals surface area contributed by atoms with Crippen LogP contribution in [0.25, 0.3) is 0 Å². The van der Waals surface area contributed by atoms with Crippen molar-refractivity contribution in [3.8, 4) is 0 Å². The van der Waals surface area contributed by atoms with E-state index in [9.17, 15) is 4.79 Å². The topological polar surface area (TPSA) is 62.5 Å². The molecule has 3 heterocycles. The van der Waals surface area contributed by atoms with Crippen molar-refractivity contribution in [2.24, 2.45) is 0 Å². The van der Waals surface area contributed by atoms with Gasteiger partial charge >= 0.3 is 0 Å². The molecule has 0 aliphatic carbocycles. The number of rotatable bonds is 3. The van der Waals surface area contributed by atoms with E-state index in [-0.39, 0.29) is 12.0 Å². The Hall–Kier alpha value is -1.43. The third-order valence-electron chi connectivity index (χ3n) is 4.95. The SMILES string of the molecule is CCN1CCCCC1C(=O)N1CCCC(c2noc(C)n2)C1. The molecule has 2 aliphatic heterocycles. The zero-order valence-corrected chi connectivity index (χ0v) is 13.6. The molecule has 1 aromatic heterocycles. The number of carbonyl (C=O) groups is 1. The van der Waals surface area contributed by atoms with Gasteiger partial charge in [0.1, 0.15) is 0 Å². The van der Waals surface area contributed by atoms with Gasteiger partial charge in [0.2, 0.25) is 11.8 Å². The largest absolute Gasteiger partial charge is 0.341 e. The number of hydrogen-bond acceptors (Lipinski definition) is 5. The van der Waals surface area contributed by atoms with Crippen molar-refractivity contribution in [2.75, 3.05) is 26.2 Å². The maximum absolute atomic E-state index is 12.9. The molecule has 2 fully saturated rings. The molecule has 0 bridgehead atoms. The highest BCUT2D eigenvalue weighted by molar-refractivity contribution is 5.82. The molecule has 0 saturated carbocycles. The van der Waals surface area contributed by atoms with Gasteiger partial charge < -0.3 is 9.42 Å². The van der Waals surface area contributed by atoms with Gasteiger partial charge in [0.15, 0.2) is 5.82 Å². The molecule has 6 heteroatoms. The van der Waals surface area contributed by atoms with E-state index in [0.29, 0.717) is 11.8 Å². The summed E-state index contributed by atoms with van der Waals surface area (Å²) in [5, 5.41) is 4.04. The molecule has 22 heavy (non-hydrogen) atoms. The van der Waals surface area contributed by atoms with Crippen molar-refractivity contribution < 1.29 is 9.32 Å². The van der Waals surface area contributed by atoms with E-state index in [0.717, 1.165) is 57.7 Å². The van der Waals surface area contributed by atoms with Crippen LogP contribution < -0.4 is 0 Å². The van der Waals surface area contributed by atoms with Gasteiger partial charge in [-0.05, 0) is 38.8 Å². The maximum Gasteiger partial charge on any atom is 0.239 e. The lowest BCUT2D eigenvalue weighted by Gasteiger charge is -2.39.